The first-order valence-electron chi connectivity index (χ1n) is 8.72. The number of aromatic nitrogens is 1. The van der Waals surface area contributed by atoms with E-state index in [1.54, 1.807) is 32.5 Å². The highest BCUT2D eigenvalue weighted by atomic mass is 16.5. The van der Waals surface area contributed by atoms with Crippen molar-refractivity contribution in [1.29, 1.82) is 0 Å². The summed E-state index contributed by atoms with van der Waals surface area (Å²) in [6, 6.07) is 11.1. The van der Waals surface area contributed by atoms with Gasteiger partial charge in [-0.2, -0.15) is 0 Å². The van der Waals surface area contributed by atoms with Crippen molar-refractivity contribution >= 4 is 5.91 Å². The third kappa shape index (κ3) is 3.51. The Hall–Kier alpha value is -2.60. The van der Waals surface area contributed by atoms with Crippen LogP contribution in [0.15, 0.2) is 47.4 Å². The van der Waals surface area contributed by atoms with E-state index in [4.69, 9.17) is 9.47 Å². The van der Waals surface area contributed by atoms with Crippen molar-refractivity contribution in [3.05, 3.63) is 64.1 Å². The van der Waals surface area contributed by atoms with Crippen LogP contribution in [0.4, 0.5) is 0 Å². The first-order valence-corrected chi connectivity index (χ1v) is 8.72. The molecule has 2 heterocycles. The van der Waals surface area contributed by atoms with E-state index in [0.717, 1.165) is 24.2 Å². The molecule has 3 rings (SSSR count). The molecule has 0 spiro atoms. The third-order valence-corrected chi connectivity index (χ3v) is 5.08. The molecule has 0 radical (unpaired) electrons. The molecular formula is C20H24N2O4. The van der Waals surface area contributed by atoms with Gasteiger partial charge in [0.05, 0.1) is 7.11 Å². The van der Waals surface area contributed by atoms with Crippen molar-refractivity contribution in [2.24, 2.45) is 7.05 Å². The topological polar surface area (TPSA) is 69.6 Å². The largest absolute Gasteiger partial charge is 0.496 e. The summed E-state index contributed by atoms with van der Waals surface area (Å²) < 4.78 is 12.5. The average Bonchev–Trinajstić information content (AvgIpc) is 2.69. The summed E-state index contributed by atoms with van der Waals surface area (Å²) >= 11 is 0. The summed E-state index contributed by atoms with van der Waals surface area (Å²) in [5.41, 5.74) is 0.633. The number of para-hydroxylation sites is 1. The van der Waals surface area contributed by atoms with E-state index in [-0.39, 0.29) is 22.4 Å². The SMILES string of the molecule is COc1ccccc1C1(CNC(=O)c2cccn(C)c2=O)CCOCC1. The van der Waals surface area contributed by atoms with Gasteiger partial charge in [0.15, 0.2) is 0 Å². The molecular weight excluding hydrogens is 332 g/mol. The Kier molecular flexibility index (Phi) is 5.42. The number of pyridine rings is 1. The Morgan fingerprint density at radius 2 is 1.96 bits per heavy atom. The van der Waals surface area contributed by atoms with Gasteiger partial charge in [0.25, 0.3) is 11.5 Å². The lowest BCUT2D eigenvalue weighted by atomic mass is 9.73. The van der Waals surface area contributed by atoms with Gasteiger partial charge in [-0.15, -0.1) is 0 Å². The number of amides is 1. The number of benzene rings is 1. The predicted octanol–water partition coefficient (Wildman–Crippen LogP) is 1.87. The molecule has 2 aromatic rings. The van der Waals surface area contributed by atoms with Crippen LogP contribution >= 0.6 is 0 Å². The number of nitrogens with one attached hydrogen (secondary N) is 1. The highest BCUT2D eigenvalue weighted by molar-refractivity contribution is 5.93. The number of aryl methyl sites for hydroxylation is 1. The lowest BCUT2D eigenvalue weighted by Crippen LogP contribution is -2.45. The zero-order chi connectivity index (χ0) is 18.6. The van der Waals surface area contributed by atoms with Gasteiger partial charge in [-0.05, 0) is 31.0 Å². The fourth-order valence-corrected chi connectivity index (χ4v) is 3.50. The molecule has 1 saturated heterocycles. The summed E-state index contributed by atoms with van der Waals surface area (Å²) in [4.78, 5) is 24.8. The molecule has 0 atom stereocenters. The normalized spacial score (nSPS) is 16.1. The second kappa shape index (κ2) is 7.74. The summed E-state index contributed by atoms with van der Waals surface area (Å²) in [7, 11) is 3.28. The minimum absolute atomic E-state index is 0.150. The van der Waals surface area contributed by atoms with Crippen molar-refractivity contribution in [2.75, 3.05) is 26.9 Å². The molecule has 1 aliphatic rings. The maximum atomic E-state index is 12.6. The highest BCUT2D eigenvalue weighted by Gasteiger charge is 2.37. The summed E-state index contributed by atoms with van der Waals surface area (Å²) in [6.07, 6.45) is 3.19. The molecule has 1 amide bonds. The number of ether oxygens (including phenoxy) is 2. The predicted molar refractivity (Wildman–Crippen MR) is 98.7 cm³/mol. The van der Waals surface area contributed by atoms with Crippen LogP contribution < -0.4 is 15.6 Å². The van der Waals surface area contributed by atoms with Gasteiger partial charge in [-0.3, -0.25) is 9.59 Å². The van der Waals surface area contributed by atoms with Crippen LogP contribution in [0.25, 0.3) is 0 Å². The Morgan fingerprint density at radius 3 is 2.69 bits per heavy atom. The molecule has 6 nitrogen and oxygen atoms in total. The average molecular weight is 356 g/mol. The molecule has 1 aromatic carbocycles. The fourth-order valence-electron chi connectivity index (χ4n) is 3.50. The van der Waals surface area contributed by atoms with Crippen molar-refractivity contribution in [2.45, 2.75) is 18.3 Å². The zero-order valence-electron chi connectivity index (χ0n) is 15.2. The van der Waals surface area contributed by atoms with Crippen molar-refractivity contribution in [1.82, 2.24) is 9.88 Å². The molecule has 0 aliphatic carbocycles. The van der Waals surface area contributed by atoms with Crippen LogP contribution in [-0.4, -0.2) is 37.3 Å². The van der Waals surface area contributed by atoms with E-state index in [2.05, 4.69) is 5.32 Å². The van der Waals surface area contributed by atoms with E-state index >= 15 is 0 Å². The van der Waals surface area contributed by atoms with E-state index in [0.29, 0.717) is 19.8 Å². The quantitative estimate of drug-likeness (QED) is 0.888. The molecule has 26 heavy (non-hydrogen) atoms. The number of hydrogen-bond acceptors (Lipinski definition) is 4. The van der Waals surface area contributed by atoms with Gasteiger partial charge in [-0.1, -0.05) is 18.2 Å². The molecule has 6 heteroatoms. The number of carbonyl (C=O) groups excluding carboxylic acids is 1. The number of hydrogen-bond donors (Lipinski definition) is 1. The first-order chi connectivity index (χ1) is 12.6. The van der Waals surface area contributed by atoms with Crippen LogP contribution in [0.1, 0.15) is 28.8 Å². The van der Waals surface area contributed by atoms with Crippen LogP contribution in [0.2, 0.25) is 0 Å². The van der Waals surface area contributed by atoms with Gasteiger partial charge in [-0.25, -0.2) is 0 Å². The van der Waals surface area contributed by atoms with E-state index in [1.165, 1.54) is 4.57 Å². The maximum absolute atomic E-state index is 12.6. The summed E-state index contributed by atoms with van der Waals surface area (Å²) in [5.74, 6) is 0.450. The lowest BCUT2D eigenvalue weighted by molar-refractivity contribution is 0.0479. The zero-order valence-corrected chi connectivity index (χ0v) is 15.2. The van der Waals surface area contributed by atoms with Crippen LogP contribution in [0.5, 0.6) is 5.75 Å². The number of nitrogens with zero attached hydrogens (tertiary/aromatic N) is 1. The first kappa shape index (κ1) is 18.2. The van der Waals surface area contributed by atoms with Crippen LogP contribution in [0.3, 0.4) is 0 Å². The second-order valence-corrected chi connectivity index (χ2v) is 6.61. The van der Waals surface area contributed by atoms with Crippen molar-refractivity contribution < 1.29 is 14.3 Å². The second-order valence-electron chi connectivity index (χ2n) is 6.61. The van der Waals surface area contributed by atoms with Gasteiger partial charge in [0.1, 0.15) is 11.3 Å². The third-order valence-electron chi connectivity index (χ3n) is 5.08. The van der Waals surface area contributed by atoms with Crippen LogP contribution in [-0.2, 0) is 17.2 Å². The Bertz CT molecular complexity index is 838. The maximum Gasteiger partial charge on any atom is 0.263 e. The molecule has 0 saturated carbocycles. The molecule has 0 bridgehead atoms. The van der Waals surface area contributed by atoms with Gasteiger partial charge >= 0.3 is 0 Å². The van der Waals surface area contributed by atoms with Gasteiger partial charge < -0.3 is 19.4 Å². The molecule has 1 fully saturated rings. The van der Waals surface area contributed by atoms with Crippen molar-refractivity contribution in [3.63, 3.8) is 0 Å². The van der Waals surface area contributed by atoms with E-state index in [1.807, 2.05) is 24.3 Å². The summed E-state index contributed by atoms with van der Waals surface area (Å²) in [6.45, 7) is 1.68. The number of carbonyl (C=O) groups is 1. The molecule has 1 aliphatic heterocycles. The van der Waals surface area contributed by atoms with E-state index < -0.39 is 0 Å². The number of rotatable bonds is 5. The minimum Gasteiger partial charge on any atom is -0.496 e. The Morgan fingerprint density at radius 1 is 1.23 bits per heavy atom. The van der Waals surface area contributed by atoms with Gasteiger partial charge in [0.2, 0.25) is 0 Å². The minimum atomic E-state index is -0.355. The van der Waals surface area contributed by atoms with Gasteiger partial charge in [0, 0.05) is 44.0 Å². The lowest BCUT2D eigenvalue weighted by Gasteiger charge is -2.38. The van der Waals surface area contributed by atoms with Crippen LogP contribution in [0, 0.1) is 0 Å². The summed E-state index contributed by atoms with van der Waals surface area (Å²) in [5, 5.41) is 2.96. The smallest absolute Gasteiger partial charge is 0.263 e. The van der Waals surface area contributed by atoms with Crippen molar-refractivity contribution in [3.8, 4) is 5.75 Å². The molecule has 1 aromatic heterocycles. The fraction of sp³-hybridized carbons (Fsp3) is 0.400. The molecule has 0 unspecified atom stereocenters. The highest BCUT2D eigenvalue weighted by Crippen LogP contribution is 2.39. The monoisotopic (exact) mass is 356 g/mol. The molecule has 138 valence electrons. The molecule has 1 N–H and O–H groups in total. The Balaban J connectivity index is 1.87. The standard InChI is InChI=1S/C20H24N2O4/c1-22-11-5-6-15(19(22)24)18(23)21-14-20(9-12-26-13-10-20)16-7-3-4-8-17(16)25-2/h3-8,11H,9-10,12-14H2,1-2H3,(H,21,23). The van der Waals surface area contributed by atoms with E-state index in [9.17, 15) is 9.59 Å². The Labute approximate surface area is 152 Å². The number of methoxy groups -OCH3 is 1.